The number of nitrogens with zero attached hydrogens (tertiary/aromatic N) is 2. The Bertz CT molecular complexity index is 1300. The van der Waals surface area contributed by atoms with E-state index in [1.807, 2.05) is 36.4 Å². The smallest absolute Gasteiger partial charge is 0.255 e. The molecule has 0 spiro atoms. The van der Waals surface area contributed by atoms with Crippen molar-refractivity contribution in [2.45, 2.75) is 32.7 Å². The number of halogens is 1. The lowest BCUT2D eigenvalue weighted by atomic mass is 9.86. The molecule has 3 aromatic carbocycles. The Labute approximate surface area is 230 Å². The van der Waals surface area contributed by atoms with Crippen molar-refractivity contribution in [3.05, 3.63) is 94.8 Å². The Hall–Kier alpha value is -3.75. The van der Waals surface area contributed by atoms with E-state index in [-0.39, 0.29) is 23.0 Å². The number of hydrogen-bond donors (Lipinski definition) is 3. The fraction of sp³-hybridized carbons (Fsp3) is 0.355. The standard InChI is InChI=1S/C31H38FN5O2/c1-31(2,3)25-12-10-22(11-13-25)30(39)35-27-20-23(29(38)34-15-14-33)8-9-24(27)21-36-16-18-37(19-17-36)28-7-5-4-6-26(28)32/h4-13,20H,14-19,21,33H2,1-3H3,(H,34,38)(H,35,39). The number of para-hydroxylation sites is 1. The zero-order chi connectivity index (χ0) is 28.0. The summed E-state index contributed by atoms with van der Waals surface area (Å²) in [6.45, 7) is 10.6. The zero-order valence-electron chi connectivity index (χ0n) is 23.0. The zero-order valence-corrected chi connectivity index (χ0v) is 23.0. The molecule has 1 aliphatic rings. The lowest BCUT2D eigenvalue weighted by Gasteiger charge is -2.36. The van der Waals surface area contributed by atoms with Gasteiger partial charge in [-0.05, 0) is 52.9 Å². The van der Waals surface area contributed by atoms with Crippen LogP contribution in [0.5, 0.6) is 0 Å². The molecule has 1 fully saturated rings. The number of benzene rings is 3. The summed E-state index contributed by atoms with van der Waals surface area (Å²) in [7, 11) is 0. The molecule has 39 heavy (non-hydrogen) atoms. The molecule has 0 atom stereocenters. The van der Waals surface area contributed by atoms with E-state index in [9.17, 15) is 14.0 Å². The highest BCUT2D eigenvalue weighted by molar-refractivity contribution is 6.05. The number of anilines is 2. The van der Waals surface area contributed by atoms with E-state index in [4.69, 9.17) is 5.73 Å². The molecule has 1 heterocycles. The van der Waals surface area contributed by atoms with Crippen molar-refractivity contribution in [3.8, 4) is 0 Å². The van der Waals surface area contributed by atoms with Gasteiger partial charge < -0.3 is 21.3 Å². The van der Waals surface area contributed by atoms with E-state index in [0.717, 1.165) is 24.2 Å². The SMILES string of the molecule is CC(C)(C)c1ccc(C(=O)Nc2cc(C(=O)NCCN)ccc2CN2CCN(c3ccccc3F)CC2)cc1. The summed E-state index contributed by atoms with van der Waals surface area (Å²) < 4.78 is 14.3. The summed E-state index contributed by atoms with van der Waals surface area (Å²) in [5, 5.41) is 5.82. The molecule has 0 radical (unpaired) electrons. The van der Waals surface area contributed by atoms with Crippen LogP contribution in [0, 0.1) is 5.82 Å². The highest BCUT2D eigenvalue weighted by Gasteiger charge is 2.21. The first-order valence-corrected chi connectivity index (χ1v) is 13.4. The van der Waals surface area contributed by atoms with Gasteiger partial charge in [0, 0.05) is 62.6 Å². The van der Waals surface area contributed by atoms with Crippen molar-refractivity contribution in [1.29, 1.82) is 0 Å². The Kier molecular flexibility index (Phi) is 8.99. The van der Waals surface area contributed by atoms with Crippen LogP contribution in [0.4, 0.5) is 15.8 Å². The molecule has 8 heteroatoms. The van der Waals surface area contributed by atoms with Gasteiger partial charge in [-0.15, -0.1) is 0 Å². The predicted molar refractivity (Wildman–Crippen MR) is 155 cm³/mol. The van der Waals surface area contributed by atoms with E-state index >= 15 is 0 Å². The third-order valence-corrected chi connectivity index (χ3v) is 7.02. The number of carbonyl (C=O) groups is 2. The first kappa shape index (κ1) is 28.3. The molecule has 0 aliphatic carbocycles. The number of nitrogens with two attached hydrogens (primary N) is 1. The first-order valence-electron chi connectivity index (χ1n) is 13.4. The highest BCUT2D eigenvalue weighted by Crippen LogP contribution is 2.25. The van der Waals surface area contributed by atoms with Crippen molar-refractivity contribution in [2.24, 2.45) is 5.73 Å². The van der Waals surface area contributed by atoms with Gasteiger partial charge in [0.1, 0.15) is 5.82 Å². The van der Waals surface area contributed by atoms with Gasteiger partial charge in [0.05, 0.1) is 5.69 Å². The predicted octanol–water partition coefficient (Wildman–Crippen LogP) is 4.39. The summed E-state index contributed by atoms with van der Waals surface area (Å²) in [5.41, 5.74) is 9.79. The second-order valence-corrected chi connectivity index (χ2v) is 10.9. The van der Waals surface area contributed by atoms with Crippen LogP contribution in [-0.2, 0) is 12.0 Å². The molecule has 1 saturated heterocycles. The molecule has 1 aliphatic heterocycles. The molecule has 0 unspecified atom stereocenters. The number of amides is 2. The number of piperazine rings is 1. The Morgan fingerprint density at radius 2 is 1.56 bits per heavy atom. The number of nitrogens with one attached hydrogen (secondary N) is 2. The van der Waals surface area contributed by atoms with E-state index in [1.54, 1.807) is 24.3 Å². The van der Waals surface area contributed by atoms with Crippen LogP contribution in [0.15, 0.2) is 66.7 Å². The molecular weight excluding hydrogens is 493 g/mol. The monoisotopic (exact) mass is 531 g/mol. The molecule has 0 saturated carbocycles. The van der Waals surface area contributed by atoms with Crippen molar-refractivity contribution < 1.29 is 14.0 Å². The fourth-order valence-corrected chi connectivity index (χ4v) is 4.67. The minimum absolute atomic E-state index is 0.0102. The first-order chi connectivity index (χ1) is 18.7. The van der Waals surface area contributed by atoms with Gasteiger partial charge in [0.25, 0.3) is 11.8 Å². The van der Waals surface area contributed by atoms with Gasteiger partial charge in [-0.1, -0.05) is 51.1 Å². The summed E-state index contributed by atoms with van der Waals surface area (Å²) in [5.74, 6) is -0.689. The van der Waals surface area contributed by atoms with Gasteiger partial charge in [-0.25, -0.2) is 4.39 Å². The fourth-order valence-electron chi connectivity index (χ4n) is 4.67. The summed E-state index contributed by atoms with van der Waals surface area (Å²) in [6.07, 6.45) is 0. The molecule has 2 amide bonds. The maximum Gasteiger partial charge on any atom is 0.255 e. The largest absolute Gasteiger partial charge is 0.367 e. The third kappa shape index (κ3) is 7.22. The second-order valence-electron chi connectivity index (χ2n) is 10.9. The van der Waals surface area contributed by atoms with Crippen molar-refractivity contribution in [2.75, 3.05) is 49.5 Å². The van der Waals surface area contributed by atoms with E-state index in [1.165, 1.54) is 6.07 Å². The summed E-state index contributed by atoms with van der Waals surface area (Å²) >= 11 is 0. The maximum atomic E-state index is 14.3. The van der Waals surface area contributed by atoms with Crippen LogP contribution in [0.3, 0.4) is 0 Å². The topological polar surface area (TPSA) is 90.7 Å². The molecule has 4 rings (SSSR count). The Morgan fingerprint density at radius 3 is 2.21 bits per heavy atom. The third-order valence-electron chi connectivity index (χ3n) is 7.02. The average Bonchev–Trinajstić information content (AvgIpc) is 2.93. The lowest BCUT2D eigenvalue weighted by Crippen LogP contribution is -2.46. The van der Waals surface area contributed by atoms with Gasteiger partial charge in [-0.2, -0.15) is 0 Å². The van der Waals surface area contributed by atoms with E-state index in [2.05, 4.69) is 41.2 Å². The van der Waals surface area contributed by atoms with Crippen molar-refractivity contribution in [3.63, 3.8) is 0 Å². The van der Waals surface area contributed by atoms with Crippen LogP contribution < -0.4 is 21.3 Å². The number of hydrogen-bond acceptors (Lipinski definition) is 5. The molecule has 7 nitrogen and oxygen atoms in total. The minimum Gasteiger partial charge on any atom is -0.367 e. The van der Waals surface area contributed by atoms with Gasteiger partial charge in [0.2, 0.25) is 0 Å². The second kappa shape index (κ2) is 12.4. The van der Waals surface area contributed by atoms with Crippen LogP contribution in [0.2, 0.25) is 0 Å². The molecule has 0 bridgehead atoms. The molecule has 0 aromatic heterocycles. The van der Waals surface area contributed by atoms with E-state index < -0.39 is 0 Å². The number of rotatable bonds is 8. The quantitative estimate of drug-likeness (QED) is 0.401. The maximum absolute atomic E-state index is 14.3. The highest BCUT2D eigenvalue weighted by atomic mass is 19.1. The van der Waals surface area contributed by atoms with Gasteiger partial charge in [0.15, 0.2) is 0 Å². The summed E-state index contributed by atoms with van der Waals surface area (Å²) in [6, 6.07) is 19.8. The van der Waals surface area contributed by atoms with Crippen LogP contribution >= 0.6 is 0 Å². The van der Waals surface area contributed by atoms with Crippen molar-refractivity contribution >= 4 is 23.2 Å². The van der Waals surface area contributed by atoms with Crippen molar-refractivity contribution in [1.82, 2.24) is 10.2 Å². The van der Waals surface area contributed by atoms with Crippen LogP contribution in [-0.4, -0.2) is 56.0 Å². The minimum atomic E-state index is -0.240. The number of carbonyl (C=O) groups excluding carboxylic acids is 2. The summed E-state index contributed by atoms with van der Waals surface area (Å²) in [4.78, 5) is 30.2. The lowest BCUT2D eigenvalue weighted by molar-refractivity contribution is 0.0953. The Morgan fingerprint density at radius 1 is 0.897 bits per heavy atom. The molecule has 3 aromatic rings. The molecule has 206 valence electrons. The van der Waals surface area contributed by atoms with Gasteiger partial charge >= 0.3 is 0 Å². The normalized spacial score (nSPS) is 14.2. The Balaban J connectivity index is 1.51. The van der Waals surface area contributed by atoms with Crippen LogP contribution in [0.25, 0.3) is 0 Å². The van der Waals surface area contributed by atoms with Gasteiger partial charge in [-0.3, -0.25) is 14.5 Å². The van der Waals surface area contributed by atoms with E-state index in [0.29, 0.717) is 55.2 Å². The molecular formula is C31H38FN5O2. The average molecular weight is 532 g/mol. The van der Waals surface area contributed by atoms with Crippen LogP contribution in [0.1, 0.15) is 52.6 Å². The molecule has 4 N–H and O–H groups in total.